The molecule has 0 radical (unpaired) electrons. The molecule has 3 atom stereocenters. The number of amides is 1. The van der Waals surface area contributed by atoms with Crippen LogP contribution in [0.1, 0.15) is 63.9 Å². The lowest BCUT2D eigenvalue weighted by Gasteiger charge is -2.38. The molecule has 1 N–H and O–H groups in total. The second-order valence-electron chi connectivity index (χ2n) is 10.9. The lowest BCUT2D eigenvalue weighted by Crippen LogP contribution is -2.48. The number of nitro groups is 1. The molecule has 0 aromatic heterocycles. The van der Waals surface area contributed by atoms with E-state index in [9.17, 15) is 24.8 Å². The van der Waals surface area contributed by atoms with Gasteiger partial charge in [-0.25, -0.2) is 4.79 Å². The van der Waals surface area contributed by atoms with Crippen LogP contribution in [-0.2, 0) is 16.1 Å². The number of likely N-dealkylation sites (tertiary alicyclic amines) is 1. The number of ether oxygens (including phenoxy) is 1. The molecule has 3 aliphatic rings. The fourth-order valence-corrected chi connectivity index (χ4v) is 6.11. The van der Waals surface area contributed by atoms with E-state index >= 15 is 0 Å². The first kappa shape index (κ1) is 26.4. The molecule has 1 amide bonds. The highest BCUT2D eigenvalue weighted by Crippen LogP contribution is 2.43. The third-order valence-electron chi connectivity index (χ3n) is 8.35. The van der Waals surface area contributed by atoms with Gasteiger partial charge in [0, 0.05) is 44.4 Å². The van der Waals surface area contributed by atoms with Gasteiger partial charge in [0.05, 0.1) is 10.8 Å². The van der Waals surface area contributed by atoms with Gasteiger partial charge in [0.15, 0.2) is 0 Å². The molecule has 1 heterocycles. The van der Waals surface area contributed by atoms with Crippen LogP contribution in [0.15, 0.2) is 24.3 Å². The minimum atomic E-state index is -0.603. The Morgan fingerprint density at radius 2 is 1.78 bits per heavy atom. The molecule has 36 heavy (non-hydrogen) atoms. The Hall–Kier alpha value is -2.68. The molecular weight excluding hydrogens is 462 g/mol. The first-order chi connectivity index (χ1) is 17.3. The summed E-state index contributed by atoms with van der Waals surface area (Å²) in [6.07, 6.45) is 7.91. The van der Waals surface area contributed by atoms with E-state index in [0.717, 1.165) is 63.7 Å². The summed E-state index contributed by atoms with van der Waals surface area (Å²) in [6, 6.07) is 6.19. The van der Waals surface area contributed by atoms with E-state index in [2.05, 4.69) is 4.90 Å². The van der Waals surface area contributed by atoms with E-state index in [1.807, 2.05) is 6.92 Å². The predicted octanol–water partition coefficient (Wildman–Crippen LogP) is 4.93. The summed E-state index contributed by atoms with van der Waals surface area (Å²) >= 11 is 0. The van der Waals surface area contributed by atoms with Crippen molar-refractivity contribution in [3.05, 3.63) is 39.9 Å². The average molecular weight is 502 g/mol. The third-order valence-corrected chi connectivity index (χ3v) is 8.35. The number of piperidine rings is 1. The molecule has 1 saturated heterocycles. The van der Waals surface area contributed by atoms with Gasteiger partial charge in [-0.2, -0.15) is 0 Å². The maximum Gasteiger partial charge on any atom is 0.410 e. The average Bonchev–Trinajstić information content (AvgIpc) is 3.59. The van der Waals surface area contributed by atoms with Crippen LogP contribution in [0.4, 0.5) is 10.5 Å². The van der Waals surface area contributed by atoms with Gasteiger partial charge in [0.1, 0.15) is 6.61 Å². The van der Waals surface area contributed by atoms with E-state index in [4.69, 9.17) is 4.74 Å². The number of carboxylic acids is 1. The summed E-state index contributed by atoms with van der Waals surface area (Å²) in [7, 11) is 0. The van der Waals surface area contributed by atoms with Gasteiger partial charge in [-0.15, -0.1) is 0 Å². The van der Waals surface area contributed by atoms with Crippen LogP contribution < -0.4 is 0 Å². The van der Waals surface area contributed by atoms with Gasteiger partial charge < -0.3 is 19.6 Å². The fraction of sp³-hybridized carbons (Fsp3) is 0.704. The van der Waals surface area contributed by atoms with Crippen molar-refractivity contribution in [3.8, 4) is 0 Å². The van der Waals surface area contributed by atoms with Crippen molar-refractivity contribution in [2.75, 3.05) is 26.2 Å². The topological polar surface area (TPSA) is 113 Å². The van der Waals surface area contributed by atoms with Crippen molar-refractivity contribution in [1.29, 1.82) is 0 Å². The number of carbonyl (C=O) groups excluding carboxylic acids is 1. The van der Waals surface area contributed by atoms with Gasteiger partial charge >= 0.3 is 12.1 Å². The molecule has 2 saturated carbocycles. The Kier molecular flexibility index (Phi) is 8.82. The van der Waals surface area contributed by atoms with Crippen LogP contribution in [0.3, 0.4) is 0 Å². The molecule has 1 aromatic carbocycles. The van der Waals surface area contributed by atoms with Crippen LogP contribution in [-0.4, -0.2) is 64.1 Å². The summed E-state index contributed by atoms with van der Waals surface area (Å²) in [5, 5.41) is 20.5. The number of nitro benzene ring substituents is 1. The number of hydrogen-bond acceptors (Lipinski definition) is 6. The number of non-ortho nitro benzene ring substituents is 1. The summed E-state index contributed by atoms with van der Waals surface area (Å²) < 4.78 is 5.51. The molecule has 2 aliphatic carbocycles. The highest BCUT2D eigenvalue weighted by molar-refractivity contribution is 5.70. The zero-order valence-electron chi connectivity index (χ0n) is 21.2. The van der Waals surface area contributed by atoms with Crippen LogP contribution in [0.5, 0.6) is 0 Å². The van der Waals surface area contributed by atoms with Gasteiger partial charge in [-0.1, -0.05) is 12.8 Å². The maximum absolute atomic E-state index is 12.8. The summed E-state index contributed by atoms with van der Waals surface area (Å²) in [4.78, 5) is 39.2. The second-order valence-corrected chi connectivity index (χ2v) is 10.9. The highest BCUT2D eigenvalue weighted by Gasteiger charge is 2.39. The van der Waals surface area contributed by atoms with E-state index in [1.54, 1.807) is 17.0 Å². The van der Waals surface area contributed by atoms with Gasteiger partial charge in [0.2, 0.25) is 0 Å². The largest absolute Gasteiger partial charge is 0.481 e. The smallest absolute Gasteiger partial charge is 0.410 e. The van der Waals surface area contributed by atoms with E-state index < -0.39 is 10.9 Å². The van der Waals surface area contributed by atoms with Crippen molar-refractivity contribution < 1.29 is 24.4 Å². The number of aliphatic carboxylic acids is 1. The normalized spacial score (nSPS) is 23.8. The minimum Gasteiger partial charge on any atom is -0.481 e. The zero-order valence-corrected chi connectivity index (χ0v) is 21.2. The maximum atomic E-state index is 12.8. The quantitative estimate of drug-likeness (QED) is 0.338. The molecule has 1 aromatic rings. The molecule has 1 aliphatic heterocycles. The van der Waals surface area contributed by atoms with Crippen molar-refractivity contribution in [2.45, 2.75) is 70.9 Å². The Labute approximate surface area is 212 Å². The Morgan fingerprint density at radius 1 is 1.11 bits per heavy atom. The summed E-state index contributed by atoms with van der Waals surface area (Å²) in [5.74, 6) is 0.775. The first-order valence-corrected chi connectivity index (χ1v) is 13.5. The number of hydrogen-bond donors (Lipinski definition) is 1. The summed E-state index contributed by atoms with van der Waals surface area (Å²) in [5.41, 5.74) is 0.733. The van der Waals surface area contributed by atoms with Crippen molar-refractivity contribution in [3.63, 3.8) is 0 Å². The van der Waals surface area contributed by atoms with E-state index in [0.29, 0.717) is 24.3 Å². The van der Waals surface area contributed by atoms with Crippen LogP contribution in [0.25, 0.3) is 0 Å². The first-order valence-electron chi connectivity index (χ1n) is 13.5. The van der Waals surface area contributed by atoms with Crippen LogP contribution in [0, 0.1) is 33.8 Å². The van der Waals surface area contributed by atoms with Gasteiger partial charge in [0.25, 0.3) is 5.69 Å². The molecule has 3 fully saturated rings. The van der Waals surface area contributed by atoms with Crippen LogP contribution in [0.2, 0.25) is 0 Å². The molecule has 3 unspecified atom stereocenters. The minimum absolute atomic E-state index is 0.0140. The molecule has 9 heteroatoms. The molecule has 9 nitrogen and oxygen atoms in total. The SMILES string of the molecule is CCN(C(=O)OCc1ccc([N+](=O)[O-])cc1)C1CCN(CC2CCC(C(CC3CC3)C(=O)O)C2)CC1. The Balaban J connectivity index is 1.19. The lowest BCUT2D eigenvalue weighted by molar-refractivity contribution is -0.384. The summed E-state index contributed by atoms with van der Waals surface area (Å²) in [6.45, 7) is 5.51. The Morgan fingerprint density at radius 3 is 2.36 bits per heavy atom. The number of rotatable bonds is 11. The number of carboxylic acid groups (broad SMARTS) is 1. The Bertz CT molecular complexity index is 911. The molecule has 198 valence electrons. The molecule has 0 spiro atoms. The van der Waals surface area contributed by atoms with Crippen molar-refractivity contribution in [2.24, 2.45) is 23.7 Å². The van der Waals surface area contributed by atoms with Crippen molar-refractivity contribution >= 4 is 17.7 Å². The van der Waals surface area contributed by atoms with Crippen LogP contribution >= 0.6 is 0 Å². The standard InChI is InChI=1S/C27H39N3O6/c1-2-29(27(33)36-18-20-6-9-24(10-7-20)30(34)35)23-11-13-28(14-12-23)17-21-5-8-22(15-21)25(26(31)32)16-19-3-4-19/h6-7,9-10,19,21-23,25H,2-5,8,11-18H2,1H3,(H,31,32). The zero-order chi connectivity index (χ0) is 25.7. The van der Waals surface area contributed by atoms with E-state index in [1.165, 1.54) is 25.0 Å². The van der Waals surface area contributed by atoms with Gasteiger partial charge in [-0.05, 0) is 80.9 Å². The molecule has 0 bridgehead atoms. The monoisotopic (exact) mass is 501 g/mol. The second kappa shape index (κ2) is 12.0. The third kappa shape index (κ3) is 6.96. The number of nitrogens with zero attached hydrogens (tertiary/aromatic N) is 3. The number of benzene rings is 1. The van der Waals surface area contributed by atoms with Gasteiger partial charge in [-0.3, -0.25) is 14.9 Å². The van der Waals surface area contributed by atoms with E-state index in [-0.39, 0.29) is 30.3 Å². The number of carbonyl (C=O) groups is 2. The predicted molar refractivity (Wildman–Crippen MR) is 134 cm³/mol. The lowest BCUT2D eigenvalue weighted by atomic mass is 9.86. The highest BCUT2D eigenvalue weighted by atomic mass is 16.6. The fourth-order valence-electron chi connectivity index (χ4n) is 6.11. The molecule has 4 rings (SSSR count). The van der Waals surface area contributed by atoms with Crippen molar-refractivity contribution in [1.82, 2.24) is 9.80 Å². The molecular formula is C27H39N3O6.